The van der Waals surface area contributed by atoms with E-state index in [9.17, 15) is 4.79 Å². The van der Waals surface area contributed by atoms with Crippen molar-refractivity contribution in [1.29, 1.82) is 0 Å². The molecule has 1 aromatic heterocycles. The van der Waals surface area contributed by atoms with Gasteiger partial charge in [0, 0.05) is 5.56 Å². The second-order valence-electron chi connectivity index (χ2n) is 7.46. The molecule has 0 aliphatic heterocycles. The molecular formula is C24H29N3O5. The molecule has 8 heteroatoms. The molecule has 0 fully saturated rings. The van der Waals surface area contributed by atoms with Crippen LogP contribution >= 0.6 is 0 Å². The van der Waals surface area contributed by atoms with Gasteiger partial charge in [0.1, 0.15) is 6.04 Å². The van der Waals surface area contributed by atoms with Crippen LogP contribution in [0.3, 0.4) is 0 Å². The minimum atomic E-state index is -0.403. The lowest BCUT2D eigenvalue weighted by atomic mass is 9.98. The van der Waals surface area contributed by atoms with Crippen molar-refractivity contribution in [1.82, 2.24) is 15.5 Å². The first kappa shape index (κ1) is 23.1. The van der Waals surface area contributed by atoms with Gasteiger partial charge in [-0.3, -0.25) is 4.79 Å². The van der Waals surface area contributed by atoms with E-state index in [4.69, 9.17) is 18.7 Å². The summed E-state index contributed by atoms with van der Waals surface area (Å²) < 4.78 is 21.8. The van der Waals surface area contributed by atoms with Gasteiger partial charge in [0.25, 0.3) is 0 Å². The molecule has 0 bridgehead atoms. The Hall–Kier alpha value is -3.55. The second kappa shape index (κ2) is 10.7. The number of amides is 1. The molecule has 1 amide bonds. The molecule has 0 saturated carbocycles. The van der Waals surface area contributed by atoms with Gasteiger partial charge in [-0.1, -0.05) is 55.8 Å². The van der Waals surface area contributed by atoms with Crippen LogP contribution in [0.4, 0.5) is 0 Å². The smallest absolute Gasteiger partial charge is 0.249 e. The second-order valence-corrected chi connectivity index (χ2v) is 7.46. The summed E-state index contributed by atoms with van der Waals surface area (Å²) in [6.45, 7) is 4.09. The van der Waals surface area contributed by atoms with E-state index in [0.29, 0.717) is 34.5 Å². The van der Waals surface area contributed by atoms with Crippen molar-refractivity contribution in [3.8, 4) is 28.6 Å². The van der Waals surface area contributed by atoms with Crippen LogP contribution in [0.5, 0.6) is 17.2 Å². The number of hydrogen-bond acceptors (Lipinski definition) is 7. The fourth-order valence-corrected chi connectivity index (χ4v) is 3.38. The summed E-state index contributed by atoms with van der Waals surface area (Å²) in [7, 11) is 4.63. The summed E-state index contributed by atoms with van der Waals surface area (Å²) in [5.74, 6) is 2.17. The van der Waals surface area contributed by atoms with Crippen molar-refractivity contribution in [2.75, 3.05) is 21.3 Å². The fraction of sp³-hybridized carbons (Fsp3) is 0.375. The number of rotatable bonds is 10. The van der Waals surface area contributed by atoms with E-state index < -0.39 is 6.04 Å². The normalized spacial score (nSPS) is 12.7. The first-order valence-corrected chi connectivity index (χ1v) is 10.5. The number of carbonyl (C=O) groups is 1. The van der Waals surface area contributed by atoms with Crippen LogP contribution in [0, 0.1) is 5.92 Å². The molecule has 1 N–H and O–H groups in total. The molecule has 2 atom stereocenters. The molecule has 170 valence electrons. The van der Waals surface area contributed by atoms with Crippen LogP contribution in [-0.2, 0) is 11.2 Å². The largest absolute Gasteiger partial charge is 0.493 e. The quantitative estimate of drug-likeness (QED) is 0.505. The molecule has 2 unspecified atom stereocenters. The number of aromatic nitrogens is 2. The van der Waals surface area contributed by atoms with E-state index in [1.807, 2.05) is 37.3 Å². The zero-order chi connectivity index (χ0) is 23.1. The monoisotopic (exact) mass is 439 g/mol. The lowest BCUT2D eigenvalue weighted by molar-refractivity contribution is -0.121. The summed E-state index contributed by atoms with van der Waals surface area (Å²) in [5.41, 5.74) is 1.59. The third-order valence-corrected chi connectivity index (χ3v) is 5.37. The lowest BCUT2D eigenvalue weighted by Gasteiger charge is -2.20. The predicted molar refractivity (Wildman–Crippen MR) is 120 cm³/mol. The molecule has 1 heterocycles. The van der Waals surface area contributed by atoms with Gasteiger partial charge >= 0.3 is 0 Å². The molecule has 2 aromatic carbocycles. The number of methoxy groups -OCH3 is 3. The molecule has 0 spiro atoms. The van der Waals surface area contributed by atoms with Crippen molar-refractivity contribution >= 4 is 5.91 Å². The number of ether oxygens (including phenoxy) is 3. The van der Waals surface area contributed by atoms with Gasteiger partial charge in [-0.15, -0.1) is 0 Å². The predicted octanol–water partition coefficient (Wildman–Crippen LogP) is 4.21. The summed E-state index contributed by atoms with van der Waals surface area (Å²) in [4.78, 5) is 17.3. The number of nitrogens with zero attached hydrogens (tertiary/aromatic N) is 2. The topological polar surface area (TPSA) is 95.7 Å². The highest BCUT2D eigenvalue weighted by molar-refractivity contribution is 5.79. The van der Waals surface area contributed by atoms with E-state index in [0.717, 1.165) is 12.0 Å². The van der Waals surface area contributed by atoms with Crippen molar-refractivity contribution in [2.45, 2.75) is 32.7 Å². The Balaban J connectivity index is 1.86. The number of benzene rings is 2. The Kier molecular flexibility index (Phi) is 7.70. The third kappa shape index (κ3) is 5.19. The third-order valence-electron chi connectivity index (χ3n) is 5.37. The molecule has 0 radical (unpaired) electrons. The van der Waals surface area contributed by atoms with Crippen molar-refractivity contribution in [2.24, 2.45) is 5.92 Å². The number of nitrogens with one attached hydrogen (secondary N) is 1. The van der Waals surface area contributed by atoms with Gasteiger partial charge in [-0.25, -0.2) is 0 Å². The minimum absolute atomic E-state index is 0.1000. The van der Waals surface area contributed by atoms with Gasteiger partial charge < -0.3 is 24.1 Å². The zero-order valence-electron chi connectivity index (χ0n) is 19.0. The summed E-state index contributed by atoms with van der Waals surface area (Å²) >= 11 is 0. The van der Waals surface area contributed by atoms with Crippen molar-refractivity contribution in [3.63, 3.8) is 0 Å². The SMILES string of the molecule is CCC(C)C(NC(=O)Cc1ccccc1)c1nc(-c2cc(OC)c(OC)c(OC)c2)no1. The van der Waals surface area contributed by atoms with E-state index in [2.05, 4.69) is 22.4 Å². The highest BCUT2D eigenvalue weighted by Gasteiger charge is 2.27. The van der Waals surface area contributed by atoms with Crippen LogP contribution in [0.1, 0.15) is 37.8 Å². The van der Waals surface area contributed by atoms with Crippen LogP contribution in [0.2, 0.25) is 0 Å². The maximum atomic E-state index is 12.7. The van der Waals surface area contributed by atoms with E-state index in [1.165, 1.54) is 0 Å². The molecular weight excluding hydrogens is 410 g/mol. The van der Waals surface area contributed by atoms with E-state index >= 15 is 0 Å². The number of carbonyl (C=O) groups excluding carboxylic acids is 1. The Bertz CT molecular complexity index is 1010. The van der Waals surface area contributed by atoms with Crippen molar-refractivity contribution in [3.05, 3.63) is 53.9 Å². The molecule has 8 nitrogen and oxygen atoms in total. The average molecular weight is 440 g/mol. The summed E-state index contributed by atoms with van der Waals surface area (Å²) in [5, 5.41) is 7.19. The standard InChI is InChI=1S/C24H29N3O5/c1-6-15(2)21(25-20(28)12-16-10-8-7-9-11-16)24-26-23(27-32-24)17-13-18(29-3)22(31-5)19(14-17)30-4/h7-11,13-15,21H,6,12H2,1-5H3,(H,25,28). The van der Waals surface area contributed by atoms with E-state index in [1.54, 1.807) is 33.5 Å². The minimum Gasteiger partial charge on any atom is -0.493 e. The van der Waals surface area contributed by atoms with Crippen molar-refractivity contribution < 1.29 is 23.5 Å². The van der Waals surface area contributed by atoms with Crippen LogP contribution in [0.15, 0.2) is 47.0 Å². The molecule has 3 rings (SSSR count). The zero-order valence-corrected chi connectivity index (χ0v) is 19.0. The molecule has 32 heavy (non-hydrogen) atoms. The average Bonchev–Trinajstić information content (AvgIpc) is 3.31. The highest BCUT2D eigenvalue weighted by atomic mass is 16.5. The maximum Gasteiger partial charge on any atom is 0.249 e. The molecule has 3 aromatic rings. The molecule has 0 saturated heterocycles. The first-order valence-electron chi connectivity index (χ1n) is 10.5. The van der Waals surface area contributed by atoms with Gasteiger partial charge in [0.05, 0.1) is 27.8 Å². The maximum absolute atomic E-state index is 12.7. The van der Waals surface area contributed by atoms with Gasteiger partial charge in [0.15, 0.2) is 11.5 Å². The summed E-state index contributed by atoms with van der Waals surface area (Å²) in [6.07, 6.45) is 1.11. The first-order chi connectivity index (χ1) is 15.5. The lowest BCUT2D eigenvalue weighted by Crippen LogP contribution is -2.33. The number of hydrogen-bond donors (Lipinski definition) is 1. The highest BCUT2D eigenvalue weighted by Crippen LogP contribution is 2.40. The van der Waals surface area contributed by atoms with Gasteiger partial charge in [-0.05, 0) is 23.6 Å². The van der Waals surface area contributed by atoms with Crippen LogP contribution < -0.4 is 19.5 Å². The Labute approximate surface area is 187 Å². The van der Waals surface area contributed by atoms with Gasteiger partial charge in [-0.2, -0.15) is 4.98 Å². The fourth-order valence-electron chi connectivity index (χ4n) is 3.38. The Morgan fingerprint density at radius 3 is 2.28 bits per heavy atom. The Morgan fingerprint density at radius 2 is 1.72 bits per heavy atom. The molecule has 0 aliphatic carbocycles. The Morgan fingerprint density at radius 1 is 1.06 bits per heavy atom. The van der Waals surface area contributed by atoms with Crippen LogP contribution in [-0.4, -0.2) is 37.4 Å². The van der Waals surface area contributed by atoms with Gasteiger partial charge in [0.2, 0.25) is 23.4 Å². The van der Waals surface area contributed by atoms with E-state index in [-0.39, 0.29) is 18.2 Å². The molecule has 0 aliphatic rings. The van der Waals surface area contributed by atoms with Crippen LogP contribution in [0.25, 0.3) is 11.4 Å². The summed E-state index contributed by atoms with van der Waals surface area (Å²) in [6, 6.07) is 12.7.